The van der Waals surface area contributed by atoms with Crippen molar-refractivity contribution in [2.75, 3.05) is 0 Å². The van der Waals surface area contributed by atoms with Gasteiger partial charge >= 0.3 is 0 Å². The second-order valence-corrected chi connectivity index (χ2v) is 3.08. The van der Waals surface area contributed by atoms with Gasteiger partial charge < -0.3 is 5.73 Å². The van der Waals surface area contributed by atoms with Crippen molar-refractivity contribution in [2.45, 2.75) is 31.3 Å². The Morgan fingerprint density at radius 3 is 2.55 bits per heavy atom. The predicted octanol–water partition coefficient (Wildman–Crippen LogP) is 0.330. The van der Waals surface area contributed by atoms with Crippen molar-refractivity contribution in [2.24, 2.45) is 5.73 Å². The summed E-state index contributed by atoms with van der Waals surface area (Å²) in [6, 6.07) is 0.797. The second-order valence-electron chi connectivity index (χ2n) is 3.08. The van der Waals surface area contributed by atoms with Crippen LogP contribution in [0, 0.1) is 0 Å². The van der Waals surface area contributed by atoms with E-state index < -0.39 is 0 Å². The molecule has 1 aliphatic carbocycles. The van der Waals surface area contributed by atoms with Crippen molar-refractivity contribution in [3.8, 4) is 0 Å². The first kappa shape index (κ1) is 6.79. The lowest BCUT2D eigenvalue weighted by Crippen LogP contribution is -2.16. The van der Waals surface area contributed by atoms with Gasteiger partial charge in [-0.05, 0) is 19.3 Å². The van der Waals surface area contributed by atoms with Gasteiger partial charge in [0.25, 0.3) is 0 Å². The largest absolute Gasteiger partial charge is 0.328 e. The summed E-state index contributed by atoms with van der Waals surface area (Å²) in [4.78, 5) is 1.77. The number of aromatic nitrogens is 3. The Bertz CT molecular complexity index is 218. The molecule has 4 heteroatoms. The molecule has 11 heavy (non-hydrogen) atoms. The van der Waals surface area contributed by atoms with Gasteiger partial charge in [0.05, 0.1) is 18.4 Å². The first-order valence-electron chi connectivity index (χ1n) is 3.97. The summed E-state index contributed by atoms with van der Waals surface area (Å²) in [6.45, 7) is 0. The van der Waals surface area contributed by atoms with E-state index in [1.54, 1.807) is 17.2 Å². The monoisotopic (exact) mass is 152 g/mol. The third kappa shape index (κ3) is 1.26. The van der Waals surface area contributed by atoms with Gasteiger partial charge in [0.2, 0.25) is 0 Å². The van der Waals surface area contributed by atoms with Crippen molar-refractivity contribution < 1.29 is 0 Å². The first-order valence-corrected chi connectivity index (χ1v) is 3.97. The van der Waals surface area contributed by atoms with Crippen LogP contribution in [0.15, 0.2) is 12.4 Å². The van der Waals surface area contributed by atoms with Gasteiger partial charge in [0.15, 0.2) is 0 Å². The van der Waals surface area contributed by atoms with Crippen LogP contribution in [0.4, 0.5) is 0 Å². The molecule has 60 valence electrons. The Kier molecular flexibility index (Phi) is 1.62. The van der Waals surface area contributed by atoms with Crippen molar-refractivity contribution >= 4 is 0 Å². The predicted molar refractivity (Wildman–Crippen MR) is 40.9 cm³/mol. The fraction of sp³-hybridized carbons (Fsp3) is 0.714. The Labute approximate surface area is 65.4 Å². The molecule has 0 bridgehead atoms. The minimum Gasteiger partial charge on any atom is -0.328 e. The maximum Gasteiger partial charge on any atom is 0.0731 e. The van der Waals surface area contributed by atoms with Gasteiger partial charge in [-0.3, -0.25) is 0 Å². The molecule has 0 amide bonds. The van der Waals surface area contributed by atoms with Crippen LogP contribution in [0.5, 0.6) is 0 Å². The summed E-state index contributed by atoms with van der Waals surface area (Å²) >= 11 is 0. The summed E-state index contributed by atoms with van der Waals surface area (Å²) in [5.74, 6) is 0. The van der Waals surface area contributed by atoms with Gasteiger partial charge in [-0.2, -0.15) is 15.0 Å². The summed E-state index contributed by atoms with van der Waals surface area (Å²) < 4.78 is 0. The minimum atomic E-state index is 0.353. The lowest BCUT2D eigenvalue weighted by molar-refractivity contribution is 0.409. The van der Waals surface area contributed by atoms with Crippen LogP contribution in [-0.2, 0) is 0 Å². The Morgan fingerprint density at radius 2 is 2.00 bits per heavy atom. The fourth-order valence-electron chi connectivity index (χ4n) is 1.62. The highest BCUT2D eigenvalue weighted by Crippen LogP contribution is 2.26. The molecule has 2 N–H and O–H groups in total. The van der Waals surface area contributed by atoms with Crippen LogP contribution >= 0.6 is 0 Å². The number of hydrogen-bond donors (Lipinski definition) is 1. The molecule has 1 aromatic heterocycles. The number of nitrogens with zero attached hydrogens (tertiary/aromatic N) is 3. The summed E-state index contributed by atoms with van der Waals surface area (Å²) in [5.41, 5.74) is 5.76. The van der Waals surface area contributed by atoms with Crippen molar-refractivity contribution in [1.29, 1.82) is 0 Å². The zero-order chi connectivity index (χ0) is 7.68. The average molecular weight is 152 g/mol. The number of nitrogens with two attached hydrogens (primary N) is 1. The molecule has 1 saturated carbocycles. The summed E-state index contributed by atoms with van der Waals surface area (Å²) in [7, 11) is 0. The topological polar surface area (TPSA) is 56.7 Å². The molecule has 2 unspecified atom stereocenters. The van der Waals surface area contributed by atoms with Gasteiger partial charge in [-0.1, -0.05) is 0 Å². The highest BCUT2D eigenvalue weighted by molar-refractivity contribution is 4.80. The maximum absolute atomic E-state index is 5.76. The minimum absolute atomic E-state index is 0.353. The molecule has 2 atom stereocenters. The van der Waals surface area contributed by atoms with E-state index in [9.17, 15) is 0 Å². The Balaban J connectivity index is 2.08. The van der Waals surface area contributed by atoms with E-state index in [1.165, 1.54) is 0 Å². The molecule has 1 fully saturated rings. The lowest BCUT2D eigenvalue weighted by Gasteiger charge is -2.06. The molecular weight excluding hydrogens is 140 g/mol. The van der Waals surface area contributed by atoms with Crippen LogP contribution in [0.3, 0.4) is 0 Å². The van der Waals surface area contributed by atoms with Crippen molar-refractivity contribution in [3.63, 3.8) is 0 Å². The highest BCUT2D eigenvalue weighted by Gasteiger charge is 2.23. The van der Waals surface area contributed by atoms with E-state index in [0.717, 1.165) is 19.3 Å². The second kappa shape index (κ2) is 2.62. The van der Waals surface area contributed by atoms with Crippen LogP contribution in [0.2, 0.25) is 0 Å². The molecule has 2 rings (SSSR count). The molecule has 0 aliphatic heterocycles. The van der Waals surface area contributed by atoms with Crippen molar-refractivity contribution in [1.82, 2.24) is 15.0 Å². The van der Waals surface area contributed by atoms with Gasteiger partial charge in [0.1, 0.15) is 0 Å². The zero-order valence-corrected chi connectivity index (χ0v) is 6.35. The molecule has 0 aromatic carbocycles. The first-order chi connectivity index (χ1) is 5.36. The average Bonchev–Trinajstić information content (AvgIpc) is 2.55. The molecular formula is C7H12N4. The van der Waals surface area contributed by atoms with Gasteiger partial charge in [-0.25, -0.2) is 0 Å². The third-order valence-corrected chi connectivity index (χ3v) is 2.21. The SMILES string of the molecule is NC1CCC(n2nccn2)C1. The van der Waals surface area contributed by atoms with E-state index in [4.69, 9.17) is 5.73 Å². The fourth-order valence-corrected chi connectivity index (χ4v) is 1.62. The van der Waals surface area contributed by atoms with Crippen LogP contribution in [0.25, 0.3) is 0 Å². The lowest BCUT2D eigenvalue weighted by atomic mass is 10.2. The van der Waals surface area contributed by atoms with E-state index in [2.05, 4.69) is 10.2 Å². The number of rotatable bonds is 1. The summed E-state index contributed by atoms with van der Waals surface area (Å²) in [5, 5.41) is 8.17. The molecule has 1 aromatic rings. The van der Waals surface area contributed by atoms with Crippen molar-refractivity contribution in [3.05, 3.63) is 12.4 Å². The zero-order valence-electron chi connectivity index (χ0n) is 6.35. The summed E-state index contributed by atoms with van der Waals surface area (Å²) in [6.07, 6.45) is 6.67. The maximum atomic E-state index is 5.76. The van der Waals surface area contributed by atoms with E-state index in [-0.39, 0.29) is 0 Å². The van der Waals surface area contributed by atoms with E-state index in [1.807, 2.05) is 0 Å². The van der Waals surface area contributed by atoms with E-state index >= 15 is 0 Å². The quantitative estimate of drug-likeness (QED) is 0.631. The molecule has 1 heterocycles. The third-order valence-electron chi connectivity index (χ3n) is 2.21. The van der Waals surface area contributed by atoms with Gasteiger partial charge in [0, 0.05) is 6.04 Å². The Hall–Kier alpha value is -0.900. The molecule has 1 aliphatic rings. The van der Waals surface area contributed by atoms with Crippen LogP contribution < -0.4 is 5.73 Å². The van der Waals surface area contributed by atoms with Crippen LogP contribution in [-0.4, -0.2) is 21.0 Å². The molecule has 0 saturated heterocycles. The Morgan fingerprint density at radius 1 is 1.27 bits per heavy atom. The normalized spacial score (nSPS) is 31.0. The van der Waals surface area contributed by atoms with Crippen LogP contribution in [0.1, 0.15) is 25.3 Å². The molecule has 0 radical (unpaired) electrons. The smallest absolute Gasteiger partial charge is 0.0731 e. The van der Waals surface area contributed by atoms with Gasteiger partial charge in [-0.15, -0.1) is 0 Å². The standard InChI is InChI=1S/C7H12N4/c8-6-1-2-7(5-6)11-9-3-4-10-11/h3-4,6-7H,1-2,5,8H2. The molecule has 4 nitrogen and oxygen atoms in total. The van der Waals surface area contributed by atoms with E-state index in [0.29, 0.717) is 12.1 Å². The number of hydrogen-bond acceptors (Lipinski definition) is 3. The highest BCUT2D eigenvalue weighted by atomic mass is 15.5. The molecule has 0 spiro atoms.